The van der Waals surface area contributed by atoms with Crippen LogP contribution in [0.25, 0.3) is 11.0 Å². The third-order valence-electron chi connectivity index (χ3n) is 4.45. The van der Waals surface area contributed by atoms with Crippen molar-refractivity contribution < 1.29 is 18.4 Å². The predicted octanol–water partition coefficient (Wildman–Crippen LogP) is 2.69. The standard InChI is InChI=1S/C18H13F2N3O2/c1-22-15-9-13(20)12(19)8-14(15)21-16(22)6-7-23-17(24)10-4-2-3-5-11(10)18(23)25/h2-5,8-9H,6-7H2,1H3. The van der Waals surface area contributed by atoms with Crippen LogP contribution >= 0.6 is 0 Å². The van der Waals surface area contributed by atoms with Gasteiger partial charge in [0.15, 0.2) is 11.6 Å². The Balaban J connectivity index is 1.60. The van der Waals surface area contributed by atoms with Crippen LogP contribution in [0.15, 0.2) is 36.4 Å². The summed E-state index contributed by atoms with van der Waals surface area (Å²) in [5.41, 5.74) is 1.57. The van der Waals surface area contributed by atoms with Crippen molar-refractivity contribution in [1.82, 2.24) is 14.5 Å². The van der Waals surface area contributed by atoms with Gasteiger partial charge in [0.1, 0.15) is 5.82 Å². The predicted molar refractivity (Wildman–Crippen MR) is 86.1 cm³/mol. The fourth-order valence-electron chi connectivity index (χ4n) is 3.11. The second-order valence-electron chi connectivity index (χ2n) is 5.90. The molecule has 3 aromatic rings. The number of nitrogens with zero attached hydrogens (tertiary/aromatic N) is 3. The summed E-state index contributed by atoms with van der Waals surface area (Å²) < 4.78 is 28.4. The van der Waals surface area contributed by atoms with Gasteiger partial charge in [0.2, 0.25) is 0 Å². The van der Waals surface area contributed by atoms with E-state index < -0.39 is 11.6 Å². The first-order valence-corrected chi connectivity index (χ1v) is 7.73. The number of hydrogen-bond donors (Lipinski definition) is 0. The quantitative estimate of drug-likeness (QED) is 0.688. The number of amides is 2. The fraction of sp³-hybridized carbons (Fsp3) is 0.167. The van der Waals surface area contributed by atoms with Gasteiger partial charge in [-0.3, -0.25) is 14.5 Å². The van der Waals surface area contributed by atoms with Gasteiger partial charge < -0.3 is 4.57 Å². The average molecular weight is 341 g/mol. The van der Waals surface area contributed by atoms with Crippen molar-refractivity contribution in [2.24, 2.45) is 7.05 Å². The van der Waals surface area contributed by atoms with Crippen molar-refractivity contribution >= 4 is 22.8 Å². The Hall–Kier alpha value is -3.09. The Kier molecular flexibility index (Phi) is 3.38. The number of aryl methyl sites for hydroxylation is 1. The van der Waals surface area contributed by atoms with Crippen molar-refractivity contribution in [1.29, 1.82) is 0 Å². The molecule has 2 aromatic carbocycles. The lowest BCUT2D eigenvalue weighted by Gasteiger charge is -2.13. The minimum atomic E-state index is -0.961. The lowest BCUT2D eigenvalue weighted by Crippen LogP contribution is -2.32. The highest BCUT2D eigenvalue weighted by Gasteiger charge is 2.34. The third kappa shape index (κ3) is 2.31. The summed E-state index contributed by atoms with van der Waals surface area (Å²) in [6.07, 6.45) is 0.292. The van der Waals surface area contributed by atoms with E-state index >= 15 is 0 Å². The molecule has 2 amide bonds. The van der Waals surface area contributed by atoms with E-state index in [0.29, 0.717) is 34.4 Å². The number of imide groups is 1. The molecule has 0 saturated carbocycles. The molecule has 4 rings (SSSR count). The maximum absolute atomic E-state index is 13.4. The molecule has 1 aliphatic heterocycles. The minimum absolute atomic E-state index is 0.147. The van der Waals surface area contributed by atoms with Gasteiger partial charge in [0.25, 0.3) is 11.8 Å². The van der Waals surface area contributed by atoms with Crippen molar-refractivity contribution in [3.8, 4) is 0 Å². The molecule has 126 valence electrons. The molecule has 0 fully saturated rings. The molecule has 0 aliphatic carbocycles. The summed E-state index contributed by atoms with van der Waals surface area (Å²) in [5.74, 6) is -2.04. The Morgan fingerprint density at radius 2 is 1.60 bits per heavy atom. The number of fused-ring (bicyclic) bond motifs is 2. The van der Waals surface area contributed by atoms with E-state index in [0.717, 1.165) is 12.1 Å². The van der Waals surface area contributed by atoms with Crippen molar-refractivity contribution in [2.75, 3.05) is 6.54 Å². The van der Waals surface area contributed by atoms with Crippen LogP contribution in [0.2, 0.25) is 0 Å². The zero-order valence-electron chi connectivity index (χ0n) is 13.3. The number of carbonyl (C=O) groups excluding carboxylic acids is 2. The van der Waals surface area contributed by atoms with E-state index in [4.69, 9.17) is 0 Å². The number of rotatable bonds is 3. The van der Waals surface area contributed by atoms with Crippen LogP contribution in [0.4, 0.5) is 8.78 Å². The number of hydrogen-bond acceptors (Lipinski definition) is 3. The smallest absolute Gasteiger partial charge is 0.261 e. The summed E-state index contributed by atoms with van der Waals surface area (Å²) in [6.45, 7) is 0.147. The molecule has 0 saturated heterocycles. The zero-order chi connectivity index (χ0) is 17.7. The molecule has 2 heterocycles. The molecule has 0 unspecified atom stereocenters. The van der Waals surface area contributed by atoms with Gasteiger partial charge >= 0.3 is 0 Å². The first kappa shape index (κ1) is 15.4. The van der Waals surface area contributed by atoms with E-state index in [1.807, 2.05) is 0 Å². The monoisotopic (exact) mass is 341 g/mol. The molecular formula is C18H13F2N3O2. The first-order chi connectivity index (χ1) is 12.0. The molecular weight excluding hydrogens is 328 g/mol. The van der Waals surface area contributed by atoms with Gasteiger partial charge in [0.05, 0.1) is 22.2 Å². The molecule has 0 bridgehead atoms. The third-order valence-corrected chi connectivity index (χ3v) is 4.45. The van der Waals surface area contributed by atoms with Crippen LogP contribution in [0.1, 0.15) is 26.5 Å². The molecule has 1 aliphatic rings. The fourth-order valence-corrected chi connectivity index (χ4v) is 3.11. The topological polar surface area (TPSA) is 55.2 Å². The SMILES string of the molecule is Cn1c(CCN2C(=O)c3ccccc3C2=O)nc2cc(F)c(F)cc21. The van der Waals surface area contributed by atoms with Gasteiger partial charge in [-0.15, -0.1) is 0 Å². The average Bonchev–Trinajstić information content (AvgIpc) is 3.03. The van der Waals surface area contributed by atoms with Crippen molar-refractivity contribution in [3.05, 3.63) is 65.0 Å². The highest BCUT2D eigenvalue weighted by atomic mass is 19.2. The van der Waals surface area contributed by atoms with E-state index in [1.54, 1.807) is 35.9 Å². The Morgan fingerprint density at radius 1 is 1.00 bits per heavy atom. The lowest BCUT2D eigenvalue weighted by molar-refractivity contribution is 0.0655. The molecule has 5 nitrogen and oxygen atoms in total. The van der Waals surface area contributed by atoms with Crippen LogP contribution in [-0.2, 0) is 13.5 Å². The van der Waals surface area contributed by atoms with Crippen molar-refractivity contribution in [2.45, 2.75) is 6.42 Å². The number of benzene rings is 2. The van der Waals surface area contributed by atoms with E-state index in [9.17, 15) is 18.4 Å². The molecule has 0 atom stereocenters. The van der Waals surface area contributed by atoms with E-state index in [2.05, 4.69) is 4.98 Å². The first-order valence-electron chi connectivity index (χ1n) is 7.73. The zero-order valence-corrected chi connectivity index (χ0v) is 13.3. The van der Waals surface area contributed by atoms with Gasteiger partial charge in [-0.1, -0.05) is 12.1 Å². The number of imidazole rings is 1. The van der Waals surface area contributed by atoms with Gasteiger partial charge in [-0.05, 0) is 12.1 Å². The normalized spacial score (nSPS) is 13.8. The van der Waals surface area contributed by atoms with E-state index in [1.165, 1.54) is 4.90 Å². The summed E-state index contributed by atoms with van der Waals surface area (Å²) >= 11 is 0. The summed E-state index contributed by atoms with van der Waals surface area (Å²) in [7, 11) is 1.68. The molecule has 25 heavy (non-hydrogen) atoms. The Labute approximate surface area is 141 Å². The Bertz CT molecular complexity index is 1010. The van der Waals surface area contributed by atoms with E-state index in [-0.39, 0.29) is 18.4 Å². The second kappa shape index (κ2) is 5.47. The van der Waals surface area contributed by atoms with Crippen LogP contribution < -0.4 is 0 Å². The molecule has 0 N–H and O–H groups in total. The molecule has 0 radical (unpaired) electrons. The molecule has 1 aromatic heterocycles. The summed E-state index contributed by atoms with van der Waals surface area (Å²) in [4.78, 5) is 30.2. The largest absolute Gasteiger partial charge is 0.331 e. The van der Waals surface area contributed by atoms with Crippen LogP contribution in [0.5, 0.6) is 0 Å². The molecule has 0 spiro atoms. The highest BCUT2D eigenvalue weighted by Crippen LogP contribution is 2.23. The van der Waals surface area contributed by atoms with Crippen LogP contribution in [0.3, 0.4) is 0 Å². The number of halogens is 2. The summed E-state index contributed by atoms with van der Waals surface area (Å²) in [5, 5.41) is 0. The minimum Gasteiger partial charge on any atom is -0.331 e. The van der Waals surface area contributed by atoms with Crippen LogP contribution in [-0.4, -0.2) is 32.8 Å². The lowest BCUT2D eigenvalue weighted by atomic mass is 10.1. The van der Waals surface area contributed by atoms with Gasteiger partial charge in [0, 0.05) is 32.1 Å². The highest BCUT2D eigenvalue weighted by molar-refractivity contribution is 6.21. The maximum atomic E-state index is 13.4. The number of aromatic nitrogens is 2. The number of carbonyl (C=O) groups is 2. The van der Waals surface area contributed by atoms with Crippen LogP contribution in [0, 0.1) is 11.6 Å². The summed E-state index contributed by atoms with van der Waals surface area (Å²) in [6, 6.07) is 8.79. The van der Waals surface area contributed by atoms with Crippen molar-refractivity contribution in [3.63, 3.8) is 0 Å². The second-order valence-corrected chi connectivity index (χ2v) is 5.90. The molecule has 7 heteroatoms. The van der Waals surface area contributed by atoms with Gasteiger partial charge in [-0.25, -0.2) is 13.8 Å². The Morgan fingerprint density at radius 3 is 2.24 bits per heavy atom. The van der Waals surface area contributed by atoms with Gasteiger partial charge in [-0.2, -0.15) is 0 Å². The maximum Gasteiger partial charge on any atom is 0.261 e.